The van der Waals surface area contributed by atoms with Crippen molar-refractivity contribution in [2.24, 2.45) is 11.3 Å². The first-order chi connectivity index (χ1) is 8.48. The van der Waals surface area contributed by atoms with Crippen LogP contribution in [0.25, 0.3) is 0 Å². The van der Waals surface area contributed by atoms with E-state index in [4.69, 9.17) is 0 Å². The van der Waals surface area contributed by atoms with E-state index in [1.165, 1.54) is 12.8 Å². The van der Waals surface area contributed by atoms with Crippen LogP contribution in [-0.4, -0.2) is 36.5 Å². The number of hydrogen-bond acceptors (Lipinski definition) is 2. The van der Waals surface area contributed by atoms with E-state index in [1.54, 1.807) is 0 Å². The number of amides is 1. The second-order valence-electron chi connectivity index (χ2n) is 6.93. The van der Waals surface area contributed by atoms with Gasteiger partial charge in [-0.2, -0.15) is 0 Å². The first-order valence-electron chi connectivity index (χ1n) is 7.49. The Labute approximate surface area is 111 Å². The molecule has 2 aliphatic rings. The van der Waals surface area contributed by atoms with Gasteiger partial charge in [0.1, 0.15) is 0 Å². The van der Waals surface area contributed by atoms with Crippen LogP contribution in [0.4, 0.5) is 0 Å². The summed E-state index contributed by atoms with van der Waals surface area (Å²) in [6.07, 6.45) is 5.50. The molecule has 0 aromatic heterocycles. The van der Waals surface area contributed by atoms with E-state index in [-0.39, 0.29) is 0 Å². The van der Waals surface area contributed by atoms with Gasteiger partial charge in [-0.05, 0) is 43.6 Å². The summed E-state index contributed by atoms with van der Waals surface area (Å²) in [4.78, 5) is 14.4. The molecule has 0 bridgehead atoms. The van der Waals surface area contributed by atoms with Gasteiger partial charge >= 0.3 is 0 Å². The Hall–Kier alpha value is -0.570. The molecule has 1 amide bonds. The minimum atomic E-state index is 0.358. The van der Waals surface area contributed by atoms with Gasteiger partial charge in [0.25, 0.3) is 0 Å². The Morgan fingerprint density at radius 3 is 2.61 bits per heavy atom. The molecule has 2 saturated heterocycles. The third-order valence-electron chi connectivity index (χ3n) is 4.79. The molecule has 0 spiro atoms. The van der Waals surface area contributed by atoms with Crippen molar-refractivity contribution in [3.8, 4) is 0 Å². The summed E-state index contributed by atoms with van der Waals surface area (Å²) < 4.78 is 0. The molecule has 2 unspecified atom stereocenters. The van der Waals surface area contributed by atoms with Crippen molar-refractivity contribution in [1.82, 2.24) is 10.2 Å². The minimum Gasteiger partial charge on any atom is -0.343 e. The molecule has 2 aliphatic heterocycles. The maximum absolute atomic E-state index is 12.3. The Bertz CT molecular complexity index is 291. The van der Waals surface area contributed by atoms with Gasteiger partial charge in [-0.3, -0.25) is 4.79 Å². The summed E-state index contributed by atoms with van der Waals surface area (Å²) in [5.74, 6) is 1.00. The lowest BCUT2D eigenvalue weighted by atomic mass is 9.82. The highest BCUT2D eigenvalue weighted by molar-refractivity contribution is 5.77. The average molecular weight is 252 g/mol. The molecule has 0 saturated carbocycles. The van der Waals surface area contributed by atoms with Crippen LogP contribution in [0, 0.1) is 11.3 Å². The lowest BCUT2D eigenvalue weighted by molar-refractivity contribution is -0.134. The molecule has 1 N–H and O–H groups in total. The van der Waals surface area contributed by atoms with Crippen LogP contribution < -0.4 is 5.32 Å². The minimum absolute atomic E-state index is 0.358. The van der Waals surface area contributed by atoms with Crippen LogP contribution in [0.5, 0.6) is 0 Å². The summed E-state index contributed by atoms with van der Waals surface area (Å²) in [6.45, 7) is 9.86. The van der Waals surface area contributed by atoms with Crippen LogP contribution in [0.15, 0.2) is 0 Å². The molecular weight excluding hydrogens is 224 g/mol. The van der Waals surface area contributed by atoms with Crippen molar-refractivity contribution in [3.05, 3.63) is 0 Å². The fourth-order valence-corrected chi connectivity index (χ4v) is 3.07. The maximum atomic E-state index is 12.3. The standard InChI is InChI=1S/C15H28N2O/c1-12-5-4-8-16-13(12)11-14(18)17-9-6-15(2,3)7-10-17/h12-13,16H,4-11H2,1-3H3. The van der Waals surface area contributed by atoms with Crippen LogP contribution in [-0.2, 0) is 4.79 Å². The van der Waals surface area contributed by atoms with Gasteiger partial charge in [-0.25, -0.2) is 0 Å². The Balaban J connectivity index is 1.81. The topological polar surface area (TPSA) is 32.3 Å². The van der Waals surface area contributed by atoms with Crippen LogP contribution in [0.3, 0.4) is 0 Å². The van der Waals surface area contributed by atoms with E-state index in [0.717, 1.165) is 32.5 Å². The van der Waals surface area contributed by atoms with E-state index in [1.807, 2.05) is 0 Å². The van der Waals surface area contributed by atoms with Crippen molar-refractivity contribution >= 4 is 5.91 Å². The highest BCUT2D eigenvalue weighted by Crippen LogP contribution is 2.30. The third kappa shape index (κ3) is 3.47. The van der Waals surface area contributed by atoms with Gasteiger partial charge in [-0.1, -0.05) is 20.8 Å². The van der Waals surface area contributed by atoms with Crippen molar-refractivity contribution < 1.29 is 4.79 Å². The molecule has 2 atom stereocenters. The molecule has 0 aromatic rings. The lowest BCUT2D eigenvalue weighted by Gasteiger charge is -2.38. The number of nitrogens with one attached hydrogen (secondary N) is 1. The van der Waals surface area contributed by atoms with Crippen molar-refractivity contribution in [2.75, 3.05) is 19.6 Å². The zero-order chi connectivity index (χ0) is 13.2. The number of rotatable bonds is 2. The largest absolute Gasteiger partial charge is 0.343 e. The molecule has 0 aliphatic carbocycles. The lowest BCUT2D eigenvalue weighted by Crippen LogP contribution is -2.47. The molecule has 0 aromatic carbocycles. The fourth-order valence-electron chi connectivity index (χ4n) is 3.07. The number of carbonyl (C=O) groups excluding carboxylic acids is 1. The monoisotopic (exact) mass is 252 g/mol. The SMILES string of the molecule is CC1CCCNC1CC(=O)N1CCC(C)(C)CC1. The second kappa shape index (κ2) is 5.60. The molecule has 2 heterocycles. The van der Waals surface area contributed by atoms with Crippen LogP contribution in [0.2, 0.25) is 0 Å². The third-order valence-corrected chi connectivity index (χ3v) is 4.79. The van der Waals surface area contributed by atoms with Crippen LogP contribution in [0.1, 0.15) is 52.9 Å². The van der Waals surface area contributed by atoms with Crippen LogP contribution >= 0.6 is 0 Å². The number of carbonyl (C=O) groups is 1. The van der Waals surface area contributed by atoms with Gasteiger partial charge < -0.3 is 10.2 Å². The van der Waals surface area contributed by atoms with Gasteiger partial charge in [0, 0.05) is 25.6 Å². The van der Waals surface area contributed by atoms with E-state index >= 15 is 0 Å². The highest BCUT2D eigenvalue weighted by atomic mass is 16.2. The van der Waals surface area contributed by atoms with Crippen molar-refractivity contribution in [3.63, 3.8) is 0 Å². The number of hydrogen-bond donors (Lipinski definition) is 1. The Morgan fingerprint density at radius 2 is 2.00 bits per heavy atom. The summed E-state index contributed by atoms with van der Waals surface area (Å²) in [5, 5.41) is 3.51. The molecule has 2 rings (SSSR count). The first kappa shape index (κ1) is 13.9. The molecule has 104 valence electrons. The van der Waals surface area contributed by atoms with Gasteiger partial charge in [0.05, 0.1) is 0 Å². The predicted molar refractivity (Wildman–Crippen MR) is 74.4 cm³/mol. The van der Waals surface area contributed by atoms with E-state index in [9.17, 15) is 4.79 Å². The molecule has 3 nitrogen and oxygen atoms in total. The van der Waals surface area contributed by atoms with E-state index in [2.05, 4.69) is 31.0 Å². The fraction of sp³-hybridized carbons (Fsp3) is 0.933. The van der Waals surface area contributed by atoms with Crippen molar-refractivity contribution in [2.45, 2.75) is 58.9 Å². The highest BCUT2D eigenvalue weighted by Gasteiger charge is 2.30. The van der Waals surface area contributed by atoms with Gasteiger partial charge in [0.15, 0.2) is 0 Å². The predicted octanol–water partition coefficient (Wildman–Crippen LogP) is 2.41. The van der Waals surface area contributed by atoms with Crippen molar-refractivity contribution in [1.29, 1.82) is 0 Å². The normalized spacial score (nSPS) is 32.3. The van der Waals surface area contributed by atoms with E-state index in [0.29, 0.717) is 29.7 Å². The Morgan fingerprint density at radius 1 is 1.33 bits per heavy atom. The number of piperidine rings is 2. The summed E-state index contributed by atoms with van der Waals surface area (Å²) in [7, 11) is 0. The number of likely N-dealkylation sites (tertiary alicyclic amines) is 1. The summed E-state index contributed by atoms with van der Waals surface area (Å²) >= 11 is 0. The Kier molecular flexibility index (Phi) is 4.31. The van der Waals surface area contributed by atoms with E-state index < -0.39 is 0 Å². The second-order valence-corrected chi connectivity index (χ2v) is 6.93. The molecule has 3 heteroatoms. The zero-order valence-corrected chi connectivity index (χ0v) is 12.2. The number of nitrogens with zero attached hydrogens (tertiary/aromatic N) is 1. The molecular formula is C15H28N2O. The van der Waals surface area contributed by atoms with Gasteiger partial charge in [0.2, 0.25) is 5.91 Å². The average Bonchev–Trinajstić information content (AvgIpc) is 2.32. The molecule has 0 radical (unpaired) electrons. The smallest absolute Gasteiger partial charge is 0.224 e. The van der Waals surface area contributed by atoms with Gasteiger partial charge in [-0.15, -0.1) is 0 Å². The quantitative estimate of drug-likeness (QED) is 0.818. The summed E-state index contributed by atoms with van der Waals surface area (Å²) in [6, 6.07) is 0.404. The molecule has 18 heavy (non-hydrogen) atoms. The molecule has 2 fully saturated rings. The first-order valence-corrected chi connectivity index (χ1v) is 7.49. The zero-order valence-electron chi connectivity index (χ0n) is 12.2. The summed E-state index contributed by atoms with van der Waals surface area (Å²) in [5.41, 5.74) is 0.424. The maximum Gasteiger partial charge on any atom is 0.224 e.